The fourth-order valence-electron chi connectivity index (χ4n) is 2.95. The molecule has 1 aliphatic rings. The van der Waals surface area contributed by atoms with Gasteiger partial charge in [0, 0.05) is 17.4 Å². The van der Waals surface area contributed by atoms with E-state index in [-0.39, 0.29) is 12.7 Å². The quantitative estimate of drug-likeness (QED) is 0.702. The molecule has 0 saturated carbocycles. The normalized spacial score (nSPS) is 13.1. The predicted octanol–water partition coefficient (Wildman–Crippen LogP) is 4.52. The fraction of sp³-hybridized carbons (Fsp3) is 0.136. The van der Waals surface area contributed by atoms with E-state index in [4.69, 9.17) is 9.47 Å². The summed E-state index contributed by atoms with van der Waals surface area (Å²) >= 11 is 0. The van der Waals surface area contributed by atoms with E-state index in [1.54, 1.807) is 0 Å². The Bertz CT molecular complexity index is 940. The molecule has 2 N–H and O–H groups in total. The number of amides is 1. The number of hydrogen-bond acceptors (Lipinski definition) is 4. The van der Waals surface area contributed by atoms with Crippen molar-refractivity contribution >= 4 is 17.3 Å². The summed E-state index contributed by atoms with van der Waals surface area (Å²) in [6, 6.07) is 22.4. The molecule has 1 heterocycles. The van der Waals surface area contributed by atoms with E-state index < -0.39 is 6.04 Å². The van der Waals surface area contributed by atoms with Crippen molar-refractivity contribution in [2.75, 3.05) is 17.4 Å². The van der Waals surface area contributed by atoms with Crippen LogP contribution in [0.4, 0.5) is 11.4 Å². The zero-order valence-electron chi connectivity index (χ0n) is 14.9. The first kappa shape index (κ1) is 17.0. The van der Waals surface area contributed by atoms with Crippen molar-refractivity contribution in [3.05, 3.63) is 83.9 Å². The van der Waals surface area contributed by atoms with Gasteiger partial charge in [0.1, 0.15) is 6.04 Å². The molecule has 0 aromatic heterocycles. The smallest absolute Gasteiger partial charge is 0.251 e. The Morgan fingerprint density at radius 3 is 2.37 bits per heavy atom. The molecule has 3 aromatic rings. The van der Waals surface area contributed by atoms with Crippen LogP contribution in [0.15, 0.2) is 72.8 Å². The average Bonchev–Trinajstić information content (AvgIpc) is 3.16. The number of carbonyl (C=O) groups excluding carboxylic acids is 1. The number of fused-ring (bicyclic) bond motifs is 1. The minimum atomic E-state index is -0.548. The van der Waals surface area contributed by atoms with Gasteiger partial charge in [-0.2, -0.15) is 0 Å². The zero-order chi connectivity index (χ0) is 18.6. The van der Waals surface area contributed by atoms with E-state index in [0.717, 1.165) is 22.5 Å². The van der Waals surface area contributed by atoms with Gasteiger partial charge in [-0.25, -0.2) is 0 Å². The van der Waals surface area contributed by atoms with Crippen molar-refractivity contribution in [2.45, 2.75) is 13.0 Å². The minimum Gasteiger partial charge on any atom is -0.454 e. The fourth-order valence-corrected chi connectivity index (χ4v) is 2.95. The summed E-state index contributed by atoms with van der Waals surface area (Å²) in [5.41, 5.74) is 3.57. The van der Waals surface area contributed by atoms with Gasteiger partial charge in [-0.1, -0.05) is 48.0 Å². The lowest BCUT2D eigenvalue weighted by molar-refractivity contribution is -0.117. The van der Waals surface area contributed by atoms with Crippen LogP contribution >= 0.6 is 0 Å². The first-order chi connectivity index (χ1) is 13.2. The molecule has 136 valence electrons. The number of aryl methyl sites for hydroxylation is 1. The summed E-state index contributed by atoms with van der Waals surface area (Å²) in [6.07, 6.45) is 0. The number of carbonyl (C=O) groups is 1. The van der Waals surface area contributed by atoms with E-state index in [1.165, 1.54) is 0 Å². The van der Waals surface area contributed by atoms with E-state index in [0.29, 0.717) is 11.5 Å². The highest BCUT2D eigenvalue weighted by atomic mass is 16.7. The highest BCUT2D eigenvalue weighted by molar-refractivity contribution is 5.97. The number of ether oxygens (including phenoxy) is 2. The highest BCUT2D eigenvalue weighted by Crippen LogP contribution is 2.35. The molecule has 27 heavy (non-hydrogen) atoms. The van der Waals surface area contributed by atoms with Gasteiger partial charge in [-0.3, -0.25) is 4.79 Å². The number of benzene rings is 3. The maximum absolute atomic E-state index is 13.0. The monoisotopic (exact) mass is 360 g/mol. The summed E-state index contributed by atoms with van der Waals surface area (Å²) in [7, 11) is 0. The first-order valence-corrected chi connectivity index (χ1v) is 8.78. The summed E-state index contributed by atoms with van der Waals surface area (Å²) < 4.78 is 10.8. The van der Waals surface area contributed by atoms with Gasteiger partial charge >= 0.3 is 0 Å². The molecule has 1 amide bonds. The third kappa shape index (κ3) is 3.87. The summed E-state index contributed by atoms with van der Waals surface area (Å²) in [6.45, 7) is 2.23. The van der Waals surface area contributed by atoms with Crippen LogP contribution in [0, 0.1) is 6.92 Å². The van der Waals surface area contributed by atoms with E-state index >= 15 is 0 Å². The number of hydrogen-bond donors (Lipinski definition) is 2. The molecule has 3 aromatic carbocycles. The van der Waals surface area contributed by atoms with Crippen molar-refractivity contribution in [3.63, 3.8) is 0 Å². The Morgan fingerprint density at radius 1 is 0.889 bits per heavy atom. The van der Waals surface area contributed by atoms with Crippen molar-refractivity contribution in [3.8, 4) is 11.5 Å². The number of rotatable bonds is 5. The van der Waals surface area contributed by atoms with Crippen molar-refractivity contribution in [2.24, 2.45) is 0 Å². The van der Waals surface area contributed by atoms with E-state index in [9.17, 15) is 4.79 Å². The van der Waals surface area contributed by atoms with Gasteiger partial charge in [-0.05, 0) is 36.8 Å². The van der Waals surface area contributed by atoms with Gasteiger partial charge in [0.15, 0.2) is 11.5 Å². The maximum Gasteiger partial charge on any atom is 0.251 e. The number of anilines is 2. The standard InChI is InChI=1S/C22H20N2O3/c1-15-7-9-17(10-8-15)24-22(25)21(16-5-3-2-4-6-16)23-18-11-12-19-20(13-18)27-14-26-19/h2-13,21,23H,14H2,1H3,(H,24,25)/t21-/m1/s1. The lowest BCUT2D eigenvalue weighted by Gasteiger charge is -2.20. The van der Waals surface area contributed by atoms with E-state index in [1.807, 2.05) is 79.7 Å². The molecular formula is C22H20N2O3. The largest absolute Gasteiger partial charge is 0.454 e. The molecule has 0 radical (unpaired) electrons. The third-order valence-corrected chi connectivity index (χ3v) is 4.40. The molecule has 0 saturated heterocycles. The Kier molecular flexibility index (Phi) is 4.66. The third-order valence-electron chi connectivity index (χ3n) is 4.40. The second kappa shape index (κ2) is 7.41. The van der Waals surface area contributed by atoms with Crippen LogP contribution < -0.4 is 20.1 Å². The van der Waals surface area contributed by atoms with E-state index in [2.05, 4.69) is 10.6 Å². The van der Waals surface area contributed by atoms with Crippen LogP contribution in [0.2, 0.25) is 0 Å². The Hall–Kier alpha value is -3.47. The second-order valence-electron chi connectivity index (χ2n) is 6.41. The van der Waals surface area contributed by atoms with Crippen LogP contribution in [-0.4, -0.2) is 12.7 Å². The van der Waals surface area contributed by atoms with Crippen LogP contribution in [0.5, 0.6) is 11.5 Å². The first-order valence-electron chi connectivity index (χ1n) is 8.78. The Morgan fingerprint density at radius 2 is 1.59 bits per heavy atom. The maximum atomic E-state index is 13.0. The van der Waals surface area contributed by atoms with Crippen LogP contribution in [-0.2, 0) is 4.79 Å². The van der Waals surface area contributed by atoms with Gasteiger partial charge in [-0.15, -0.1) is 0 Å². The van der Waals surface area contributed by atoms with Crippen LogP contribution in [0.1, 0.15) is 17.2 Å². The molecule has 1 aliphatic heterocycles. The Balaban J connectivity index is 1.59. The van der Waals surface area contributed by atoms with Crippen LogP contribution in [0.3, 0.4) is 0 Å². The molecule has 0 spiro atoms. The zero-order valence-corrected chi connectivity index (χ0v) is 14.9. The van der Waals surface area contributed by atoms with Gasteiger partial charge in [0.05, 0.1) is 0 Å². The molecule has 1 atom stereocenters. The molecule has 5 nitrogen and oxygen atoms in total. The lowest BCUT2D eigenvalue weighted by Crippen LogP contribution is -2.27. The van der Waals surface area contributed by atoms with Crippen molar-refractivity contribution < 1.29 is 14.3 Å². The van der Waals surface area contributed by atoms with Crippen molar-refractivity contribution in [1.29, 1.82) is 0 Å². The summed E-state index contributed by atoms with van der Waals surface area (Å²) in [5, 5.41) is 6.29. The summed E-state index contributed by atoms with van der Waals surface area (Å²) in [4.78, 5) is 13.0. The number of nitrogens with one attached hydrogen (secondary N) is 2. The predicted molar refractivity (Wildman–Crippen MR) is 105 cm³/mol. The molecule has 0 aliphatic carbocycles. The van der Waals surface area contributed by atoms with Crippen LogP contribution in [0.25, 0.3) is 0 Å². The van der Waals surface area contributed by atoms with Gasteiger partial charge in [0.25, 0.3) is 5.91 Å². The second-order valence-corrected chi connectivity index (χ2v) is 6.41. The van der Waals surface area contributed by atoms with Gasteiger partial charge in [0.2, 0.25) is 6.79 Å². The minimum absolute atomic E-state index is 0.136. The highest BCUT2D eigenvalue weighted by Gasteiger charge is 2.22. The molecular weight excluding hydrogens is 340 g/mol. The SMILES string of the molecule is Cc1ccc(NC(=O)[C@H](Nc2ccc3c(c2)OCO3)c2ccccc2)cc1. The molecule has 0 bridgehead atoms. The topological polar surface area (TPSA) is 59.6 Å². The van der Waals surface area contributed by atoms with Crippen molar-refractivity contribution in [1.82, 2.24) is 0 Å². The molecule has 0 fully saturated rings. The molecule has 4 rings (SSSR count). The lowest BCUT2D eigenvalue weighted by atomic mass is 10.1. The molecule has 0 unspecified atom stereocenters. The summed E-state index contributed by atoms with van der Waals surface area (Å²) in [5.74, 6) is 1.24. The Labute approximate surface area is 157 Å². The van der Waals surface area contributed by atoms with Gasteiger partial charge < -0.3 is 20.1 Å². The molecule has 5 heteroatoms. The average molecular weight is 360 g/mol.